The summed E-state index contributed by atoms with van der Waals surface area (Å²) in [4.78, 5) is 14.5. The Kier molecular flexibility index (Phi) is 6.09. The van der Waals surface area contributed by atoms with E-state index in [4.69, 9.17) is 4.74 Å². The van der Waals surface area contributed by atoms with Crippen LogP contribution in [0.25, 0.3) is 11.1 Å². The van der Waals surface area contributed by atoms with E-state index in [1.165, 1.54) is 18.2 Å². The van der Waals surface area contributed by atoms with E-state index in [0.29, 0.717) is 25.3 Å². The molecule has 1 N–H and O–H groups in total. The van der Waals surface area contributed by atoms with Crippen LogP contribution < -0.4 is 4.72 Å². The van der Waals surface area contributed by atoms with E-state index in [-0.39, 0.29) is 29.7 Å². The molecule has 2 aliphatic carbocycles. The van der Waals surface area contributed by atoms with E-state index >= 15 is 4.39 Å². The van der Waals surface area contributed by atoms with Gasteiger partial charge in [0.05, 0.1) is 17.9 Å². The number of halogens is 6. The van der Waals surface area contributed by atoms with Crippen LogP contribution in [-0.2, 0) is 26.0 Å². The van der Waals surface area contributed by atoms with Gasteiger partial charge in [-0.25, -0.2) is 26.3 Å². The molecule has 13 heteroatoms. The van der Waals surface area contributed by atoms with E-state index in [1.807, 2.05) is 0 Å². The number of fused-ring (bicyclic) bond motifs is 1. The lowest BCUT2D eigenvalue weighted by molar-refractivity contribution is -0.313. The summed E-state index contributed by atoms with van der Waals surface area (Å²) in [6.07, 6.45) is -4.66. The van der Waals surface area contributed by atoms with Crippen LogP contribution in [0.5, 0.6) is 0 Å². The van der Waals surface area contributed by atoms with E-state index in [0.717, 1.165) is 17.0 Å². The monoisotopic (exact) mass is 574 g/mol. The number of benzene rings is 2. The number of carbonyl (C=O) groups is 1. The number of piperidine rings is 1. The molecule has 0 bridgehead atoms. The van der Waals surface area contributed by atoms with Gasteiger partial charge in [-0.05, 0) is 54.9 Å². The first-order chi connectivity index (χ1) is 18.3. The van der Waals surface area contributed by atoms with Gasteiger partial charge in [0.25, 0.3) is 5.91 Å². The summed E-state index contributed by atoms with van der Waals surface area (Å²) >= 11 is 0. The second kappa shape index (κ2) is 8.93. The zero-order valence-corrected chi connectivity index (χ0v) is 21.2. The maximum Gasteiger partial charge on any atom is 0.426 e. The maximum absolute atomic E-state index is 15.7. The lowest BCUT2D eigenvalue weighted by Gasteiger charge is -2.45. The fraction of sp³-hybridized carbons (Fsp3) is 0.500. The van der Waals surface area contributed by atoms with Crippen LogP contribution in [0.2, 0.25) is 0 Å². The number of nitrogens with zero attached hydrogens (tertiary/aromatic N) is 1. The minimum Gasteiger partial charge on any atom is -0.357 e. The number of hydrogen-bond donors (Lipinski definition) is 1. The van der Waals surface area contributed by atoms with Gasteiger partial charge < -0.3 is 9.64 Å². The Bertz CT molecular complexity index is 1420. The van der Waals surface area contributed by atoms with Gasteiger partial charge in [0, 0.05) is 30.1 Å². The second-order valence-corrected chi connectivity index (χ2v) is 12.7. The third-order valence-electron chi connectivity index (χ3n) is 8.18. The first kappa shape index (κ1) is 26.6. The highest BCUT2D eigenvalue weighted by Gasteiger charge is 2.71. The predicted molar refractivity (Wildman–Crippen MR) is 126 cm³/mol. The average molecular weight is 575 g/mol. The molecule has 6 rings (SSSR count). The Hall–Kier alpha value is -2.64. The van der Waals surface area contributed by atoms with Gasteiger partial charge >= 0.3 is 6.18 Å². The van der Waals surface area contributed by atoms with Crippen LogP contribution in [0.4, 0.5) is 26.3 Å². The molecule has 6 nitrogen and oxygen atoms in total. The highest BCUT2D eigenvalue weighted by Crippen LogP contribution is 2.53. The van der Waals surface area contributed by atoms with Crippen molar-refractivity contribution in [1.82, 2.24) is 9.62 Å². The summed E-state index contributed by atoms with van der Waals surface area (Å²) in [5.41, 5.74) is -3.29. The molecule has 0 aromatic heterocycles. The van der Waals surface area contributed by atoms with Gasteiger partial charge in [-0.15, -0.1) is 0 Å². The Morgan fingerprint density at radius 3 is 2.33 bits per heavy atom. The molecule has 2 saturated heterocycles. The van der Waals surface area contributed by atoms with Gasteiger partial charge in [0.15, 0.2) is 0 Å². The average Bonchev–Trinajstić information content (AvgIpc) is 3.70. The molecule has 2 saturated carbocycles. The molecular formula is C26H24F6N2O4S. The minimum absolute atomic E-state index is 0.0347. The largest absolute Gasteiger partial charge is 0.426 e. The highest BCUT2D eigenvalue weighted by atomic mass is 32.2. The maximum atomic E-state index is 15.7. The normalized spacial score (nSPS) is 30.2. The second-order valence-electron chi connectivity index (χ2n) is 10.7. The van der Waals surface area contributed by atoms with Crippen molar-refractivity contribution in [3.63, 3.8) is 0 Å². The number of alkyl halides is 3. The quantitative estimate of drug-likeness (QED) is 0.506. The molecule has 2 aromatic carbocycles. The number of rotatable bonds is 7. The van der Waals surface area contributed by atoms with E-state index in [2.05, 4.69) is 4.72 Å². The van der Waals surface area contributed by atoms with Crippen molar-refractivity contribution in [3.05, 3.63) is 59.4 Å². The first-order valence-corrected chi connectivity index (χ1v) is 14.2. The van der Waals surface area contributed by atoms with Crippen LogP contribution in [0, 0.1) is 23.4 Å². The van der Waals surface area contributed by atoms with Crippen molar-refractivity contribution in [1.29, 1.82) is 0 Å². The molecule has 4 fully saturated rings. The van der Waals surface area contributed by atoms with Gasteiger partial charge in [0.2, 0.25) is 15.6 Å². The number of hydrogen-bond acceptors (Lipinski definition) is 4. The van der Waals surface area contributed by atoms with Crippen molar-refractivity contribution in [3.8, 4) is 11.1 Å². The standard InChI is InChI=1S/C26H24F6N2O4S/c27-15-8-14(9-16(28)11-15)18-3-1-2-13(22(18)29)10-21-23(33-39(36,37)17-4-5-17)19-12-20(19)34(21)24(35)25(6-7-38-25)26(30,31)32/h1-3,8-9,11,17,19-21,23,33H,4-7,10,12H2/t19-,20+,21+,23+,25+/m0/s1. The summed E-state index contributed by atoms with van der Waals surface area (Å²) in [5, 5.41) is -0.612. The number of carbonyl (C=O) groups excluding carboxylic acids is 1. The smallest absolute Gasteiger partial charge is 0.357 e. The molecule has 2 aromatic rings. The van der Waals surface area contributed by atoms with Crippen LogP contribution in [0.1, 0.15) is 31.2 Å². The molecule has 5 atom stereocenters. The molecule has 2 heterocycles. The Labute approximate surface area is 220 Å². The summed E-state index contributed by atoms with van der Waals surface area (Å²) in [6.45, 7) is -0.254. The van der Waals surface area contributed by atoms with E-state index in [9.17, 15) is 35.2 Å². The molecular weight excluding hydrogens is 550 g/mol. The minimum atomic E-state index is -4.99. The fourth-order valence-corrected chi connectivity index (χ4v) is 7.55. The Morgan fingerprint density at radius 1 is 1.10 bits per heavy atom. The van der Waals surface area contributed by atoms with Crippen LogP contribution in [0.15, 0.2) is 36.4 Å². The van der Waals surface area contributed by atoms with Gasteiger partial charge in [-0.2, -0.15) is 13.2 Å². The Balaban J connectivity index is 1.38. The van der Waals surface area contributed by atoms with Crippen LogP contribution in [0.3, 0.4) is 0 Å². The van der Waals surface area contributed by atoms with Crippen molar-refractivity contribution in [2.75, 3.05) is 6.61 Å². The molecule has 4 aliphatic rings. The molecule has 210 valence electrons. The molecule has 0 unspecified atom stereocenters. The summed E-state index contributed by atoms with van der Waals surface area (Å²) in [6, 6.07) is 3.89. The number of likely N-dealkylation sites (tertiary alicyclic amines) is 1. The van der Waals surface area contributed by atoms with E-state index in [1.54, 1.807) is 0 Å². The topological polar surface area (TPSA) is 75.7 Å². The van der Waals surface area contributed by atoms with Crippen molar-refractivity contribution in [2.45, 2.75) is 67.3 Å². The third-order valence-corrected chi connectivity index (χ3v) is 10.1. The molecule has 39 heavy (non-hydrogen) atoms. The van der Waals surface area contributed by atoms with Gasteiger partial charge in [0.1, 0.15) is 17.5 Å². The predicted octanol–water partition coefficient (Wildman–Crippen LogP) is 4.08. The summed E-state index contributed by atoms with van der Waals surface area (Å²) < 4.78 is 118. The van der Waals surface area contributed by atoms with Crippen molar-refractivity contribution < 1.29 is 44.3 Å². The lowest BCUT2D eigenvalue weighted by Crippen LogP contribution is -2.67. The summed E-state index contributed by atoms with van der Waals surface area (Å²) in [5.74, 6) is -4.45. The van der Waals surface area contributed by atoms with Gasteiger partial charge in [-0.3, -0.25) is 4.79 Å². The molecule has 1 amide bonds. The van der Waals surface area contributed by atoms with Crippen molar-refractivity contribution >= 4 is 15.9 Å². The van der Waals surface area contributed by atoms with Crippen LogP contribution in [-0.4, -0.2) is 61.0 Å². The van der Waals surface area contributed by atoms with E-state index < -0.39 is 80.9 Å². The first-order valence-electron chi connectivity index (χ1n) is 12.6. The number of amides is 1. The van der Waals surface area contributed by atoms with Crippen LogP contribution >= 0.6 is 0 Å². The SMILES string of the molecule is O=C(N1[C@@H]2C[C@@H]2[C@@H](NS(=O)(=O)C2CC2)[C@H]1Cc1cccc(-c2cc(F)cc(F)c2)c1F)[C@@]1(C(F)(F)F)CCO1. The highest BCUT2D eigenvalue weighted by molar-refractivity contribution is 7.90. The number of nitrogens with one attached hydrogen (secondary N) is 1. The number of sulfonamides is 1. The van der Waals surface area contributed by atoms with Crippen molar-refractivity contribution in [2.24, 2.45) is 5.92 Å². The Morgan fingerprint density at radius 2 is 1.77 bits per heavy atom. The number of ether oxygens (including phenoxy) is 1. The molecule has 0 spiro atoms. The zero-order chi connectivity index (χ0) is 27.9. The summed E-state index contributed by atoms with van der Waals surface area (Å²) in [7, 11) is -3.80. The molecule has 0 radical (unpaired) electrons. The fourth-order valence-electron chi connectivity index (χ4n) is 5.89. The lowest BCUT2D eigenvalue weighted by atomic mass is 9.89. The van der Waals surface area contributed by atoms with Gasteiger partial charge in [-0.1, -0.05) is 18.2 Å². The molecule has 2 aliphatic heterocycles. The zero-order valence-electron chi connectivity index (χ0n) is 20.3. The third kappa shape index (κ3) is 4.42.